The highest BCUT2D eigenvalue weighted by Gasteiger charge is 2.23. The average molecular weight is 391 g/mol. The molecule has 0 aliphatic carbocycles. The van der Waals surface area contributed by atoms with Crippen molar-refractivity contribution >= 4 is 11.9 Å². The molecule has 0 saturated heterocycles. The Bertz CT molecular complexity index is 601. The molecule has 0 amide bonds. The van der Waals surface area contributed by atoms with Crippen molar-refractivity contribution in [2.45, 2.75) is 92.1 Å². The van der Waals surface area contributed by atoms with E-state index in [-0.39, 0.29) is 22.6 Å². The second kappa shape index (κ2) is 12.6. The van der Waals surface area contributed by atoms with Gasteiger partial charge in [-0.15, -0.1) is 0 Å². The molecule has 0 aromatic heterocycles. The summed E-state index contributed by atoms with van der Waals surface area (Å²) in [5.74, 6) is -0.928. The predicted molar refractivity (Wildman–Crippen MR) is 114 cm³/mol. The molecule has 1 aromatic carbocycles. The van der Waals surface area contributed by atoms with Gasteiger partial charge in [-0.05, 0) is 37.3 Å². The van der Waals surface area contributed by atoms with E-state index in [1.807, 2.05) is 6.92 Å². The molecule has 4 heteroatoms. The standard InChI is InChI=1S/C24H38O4/c1-6-7-8-9-10-11-14-17-27-22(25)20-15-12-13-16-21(20)23(26)28-19(2)18-24(3,4)5/h12-13,15-16,19H,6-11,14,17-18H2,1-5H3. The van der Waals surface area contributed by atoms with E-state index in [1.165, 1.54) is 32.1 Å². The molecule has 0 heterocycles. The van der Waals surface area contributed by atoms with Crippen molar-refractivity contribution in [3.63, 3.8) is 0 Å². The van der Waals surface area contributed by atoms with Crippen molar-refractivity contribution in [2.24, 2.45) is 5.41 Å². The molecule has 28 heavy (non-hydrogen) atoms. The fourth-order valence-electron chi connectivity index (χ4n) is 3.29. The molecule has 1 rings (SSSR count). The lowest BCUT2D eigenvalue weighted by Gasteiger charge is -2.23. The van der Waals surface area contributed by atoms with Gasteiger partial charge in [-0.25, -0.2) is 9.59 Å². The Morgan fingerprint density at radius 1 is 0.893 bits per heavy atom. The van der Waals surface area contributed by atoms with Crippen molar-refractivity contribution in [3.05, 3.63) is 35.4 Å². The highest BCUT2D eigenvalue weighted by molar-refractivity contribution is 6.03. The van der Waals surface area contributed by atoms with Crippen molar-refractivity contribution in [1.82, 2.24) is 0 Å². The zero-order valence-electron chi connectivity index (χ0n) is 18.4. The van der Waals surface area contributed by atoms with Crippen LogP contribution in [0.3, 0.4) is 0 Å². The van der Waals surface area contributed by atoms with Crippen LogP contribution < -0.4 is 0 Å². The predicted octanol–water partition coefficient (Wildman–Crippen LogP) is 6.58. The number of benzene rings is 1. The van der Waals surface area contributed by atoms with Gasteiger partial charge in [0.2, 0.25) is 0 Å². The van der Waals surface area contributed by atoms with Gasteiger partial charge in [0.05, 0.1) is 23.8 Å². The molecule has 0 saturated carbocycles. The molecule has 4 nitrogen and oxygen atoms in total. The highest BCUT2D eigenvalue weighted by atomic mass is 16.5. The second-order valence-electron chi connectivity index (χ2n) is 8.78. The van der Waals surface area contributed by atoms with E-state index in [0.717, 1.165) is 19.3 Å². The van der Waals surface area contributed by atoms with Gasteiger partial charge in [-0.2, -0.15) is 0 Å². The lowest BCUT2D eigenvalue weighted by Crippen LogP contribution is -2.23. The molecule has 158 valence electrons. The molecule has 1 unspecified atom stereocenters. The fourth-order valence-corrected chi connectivity index (χ4v) is 3.29. The molecule has 0 N–H and O–H groups in total. The smallest absolute Gasteiger partial charge is 0.339 e. The first-order valence-corrected chi connectivity index (χ1v) is 10.7. The van der Waals surface area contributed by atoms with Crippen molar-refractivity contribution in [1.29, 1.82) is 0 Å². The maximum Gasteiger partial charge on any atom is 0.339 e. The van der Waals surface area contributed by atoms with E-state index in [1.54, 1.807) is 24.3 Å². The van der Waals surface area contributed by atoms with Gasteiger partial charge in [0, 0.05) is 0 Å². The zero-order valence-corrected chi connectivity index (χ0v) is 18.4. The van der Waals surface area contributed by atoms with Gasteiger partial charge in [0.25, 0.3) is 0 Å². The molecule has 0 aliphatic rings. The van der Waals surface area contributed by atoms with Crippen LogP contribution in [-0.2, 0) is 9.47 Å². The lowest BCUT2D eigenvalue weighted by molar-refractivity contribution is 0.0244. The topological polar surface area (TPSA) is 52.6 Å². The van der Waals surface area contributed by atoms with E-state index in [0.29, 0.717) is 6.61 Å². The molecular formula is C24H38O4. The van der Waals surface area contributed by atoms with Crippen LogP contribution in [0.4, 0.5) is 0 Å². The summed E-state index contributed by atoms with van der Waals surface area (Å²) in [6.07, 6.45) is 8.67. The third kappa shape index (κ3) is 9.91. The number of carbonyl (C=O) groups is 2. The number of rotatable bonds is 12. The summed E-state index contributed by atoms with van der Waals surface area (Å²) in [5.41, 5.74) is 0.612. The summed E-state index contributed by atoms with van der Waals surface area (Å²) in [5, 5.41) is 0. The van der Waals surface area contributed by atoms with Gasteiger partial charge in [0.15, 0.2) is 0 Å². The van der Waals surface area contributed by atoms with Crippen LogP contribution >= 0.6 is 0 Å². The summed E-state index contributed by atoms with van der Waals surface area (Å²) >= 11 is 0. The Morgan fingerprint density at radius 3 is 2.00 bits per heavy atom. The van der Waals surface area contributed by atoms with Crippen molar-refractivity contribution < 1.29 is 19.1 Å². The second-order valence-corrected chi connectivity index (χ2v) is 8.78. The summed E-state index contributed by atoms with van der Waals surface area (Å²) in [7, 11) is 0. The Morgan fingerprint density at radius 2 is 1.43 bits per heavy atom. The van der Waals surface area contributed by atoms with E-state index in [2.05, 4.69) is 27.7 Å². The van der Waals surface area contributed by atoms with Crippen molar-refractivity contribution in [3.8, 4) is 0 Å². The molecule has 1 atom stereocenters. The molecule has 0 spiro atoms. The van der Waals surface area contributed by atoms with Crippen molar-refractivity contribution in [2.75, 3.05) is 6.61 Å². The van der Waals surface area contributed by atoms with Crippen LogP contribution in [0.5, 0.6) is 0 Å². The summed E-state index contributed by atoms with van der Waals surface area (Å²) in [6, 6.07) is 6.71. The third-order valence-electron chi connectivity index (χ3n) is 4.56. The largest absolute Gasteiger partial charge is 0.462 e. The number of ether oxygens (including phenoxy) is 2. The first kappa shape index (κ1) is 24.2. The average Bonchev–Trinajstić information content (AvgIpc) is 2.62. The minimum Gasteiger partial charge on any atom is -0.462 e. The zero-order chi connectivity index (χ0) is 21.0. The van der Waals surface area contributed by atoms with E-state index < -0.39 is 11.9 Å². The molecule has 0 radical (unpaired) electrons. The monoisotopic (exact) mass is 390 g/mol. The molecule has 0 aliphatic heterocycles. The van der Waals surface area contributed by atoms with Crippen LogP contribution in [-0.4, -0.2) is 24.6 Å². The summed E-state index contributed by atoms with van der Waals surface area (Å²) < 4.78 is 10.9. The Hall–Kier alpha value is -1.84. The Kier molecular flexibility index (Phi) is 10.9. The first-order valence-electron chi connectivity index (χ1n) is 10.7. The van der Waals surface area contributed by atoms with Crippen LogP contribution in [0.25, 0.3) is 0 Å². The molecule has 0 bridgehead atoms. The lowest BCUT2D eigenvalue weighted by atomic mass is 9.90. The van der Waals surface area contributed by atoms with Crippen LogP contribution in [0.2, 0.25) is 0 Å². The van der Waals surface area contributed by atoms with Gasteiger partial charge in [-0.3, -0.25) is 0 Å². The minimum atomic E-state index is -0.472. The van der Waals surface area contributed by atoms with Crippen LogP contribution in [0.1, 0.15) is 107 Å². The summed E-state index contributed by atoms with van der Waals surface area (Å²) in [4.78, 5) is 25.0. The maximum atomic E-state index is 12.5. The number of carbonyl (C=O) groups excluding carboxylic acids is 2. The Labute approximate surface area is 171 Å². The molecule has 1 aromatic rings. The minimum absolute atomic E-state index is 0.0642. The van der Waals surface area contributed by atoms with Gasteiger partial charge >= 0.3 is 11.9 Å². The van der Waals surface area contributed by atoms with Gasteiger partial charge in [-0.1, -0.05) is 78.4 Å². The molecule has 0 fully saturated rings. The fraction of sp³-hybridized carbons (Fsp3) is 0.667. The number of hydrogen-bond donors (Lipinski definition) is 0. The highest BCUT2D eigenvalue weighted by Crippen LogP contribution is 2.23. The van der Waals surface area contributed by atoms with Gasteiger partial charge in [0.1, 0.15) is 0 Å². The first-order chi connectivity index (χ1) is 13.2. The number of hydrogen-bond acceptors (Lipinski definition) is 4. The quantitative estimate of drug-likeness (QED) is 0.299. The Balaban J connectivity index is 2.51. The van der Waals surface area contributed by atoms with E-state index in [4.69, 9.17) is 9.47 Å². The van der Waals surface area contributed by atoms with E-state index in [9.17, 15) is 9.59 Å². The SMILES string of the molecule is CCCCCCCCCOC(=O)c1ccccc1C(=O)OC(C)CC(C)(C)C. The van der Waals surface area contributed by atoms with E-state index >= 15 is 0 Å². The maximum absolute atomic E-state index is 12.5. The third-order valence-corrected chi connectivity index (χ3v) is 4.56. The number of esters is 2. The van der Waals surface area contributed by atoms with Gasteiger partial charge < -0.3 is 9.47 Å². The van der Waals surface area contributed by atoms with Crippen LogP contribution in [0.15, 0.2) is 24.3 Å². The number of unbranched alkanes of at least 4 members (excludes halogenated alkanes) is 6. The summed E-state index contributed by atoms with van der Waals surface area (Å²) in [6.45, 7) is 10.8. The molecular weight excluding hydrogens is 352 g/mol. The van der Waals surface area contributed by atoms with Crippen LogP contribution in [0, 0.1) is 5.41 Å². The normalized spacial score (nSPS) is 12.5.